The minimum absolute atomic E-state index is 0.226. The highest BCUT2D eigenvalue weighted by Crippen LogP contribution is 2.35. The predicted molar refractivity (Wildman–Crippen MR) is 159 cm³/mol. The number of allylic oxidation sites excluding steroid dienone is 7. The molecule has 4 aromatic rings. The van der Waals surface area contributed by atoms with Crippen LogP contribution in [0.25, 0.3) is 33.6 Å². The van der Waals surface area contributed by atoms with E-state index in [0.29, 0.717) is 11.6 Å². The smallest absolute Gasteiger partial charge is 0.176 e. The van der Waals surface area contributed by atoms with Crippen LogP contribution in [0, 0.1) is 18.0 Å². The highest BCUT2D eigenvalue weighted by atomic mass is 32.1. The molecule has 0 aliphatic rings. The van der Waals surface area contributed by atoms with Crippen molar-refractivity contribution in [3.8, 4) is 11.4 Å². The van der Waals surface area contributed by atoms with E-state index < -0.39 is 0 Å². The Bertz CT molecular complexity index is 1610. The van der Waals surface area contributed by atoms with E-state index in [4.69, 9.17) is 4.98 Å². The molecule has 0 bridgehead atoms. The Hall–Kier alpha value is -4.23. The SMILES string of the molecule is C=C/C=C(/c1ccc(F)s1)c1cc(-c2n[nH]c3ccc(C(/C=C(\C=C)NC(=C)C(C)C)=C/C)nc23)[nH]c1C. The van der Waals surface area contributed by atoms with Gasteiger partial charge in [-0.05, 0) is 67.8 Å². The molecule has 0 spiro atoms. The number of hydrogen-bond acceptors (Lipinski definition) is 4. The fourth-order valence-electron chi connectivity index (χ4n) is 4.04. The quantitative estimate of drug-likeness (QED) is 0.182. The summed E-state index contributed by atoms with van der Waals surface area (Å²) in [6, 6.07) is 9.24. The predicted octanol–water partition coefficient (Wildman–Crippen LogP) is 8.31. The Morgan fingerprint density at radius 1 is 1.18 bits per heavy atom. The average molecular weight is 526 g/mol. The van der Waals surface area contributed by atoms with Crippen molar-refractivity contribution < 1.29 is 4.39 Å². The molecule has 4 heterocycles. The van der Waals surface area contributed by atoms with Gasteiger partial charge in [0, 0.05) is 33.1 Å². The van der Waals surface area contributed by atoms with Gasteiger partial charge in [0.05, 0.1) is 16.9 Å². The van der Waals surface area contributed by atoms with E-state index in [1.807, 2.05) is 50.3 Å². The van der Waals surface area contributed by atoms with Gasteiger partial charge in [-0.25, -0.2) is 4.98 Å². The van der Waals surface area contributed by atoms with Crippen molar-refractivity contribution in [3.63, 3.8) is 0 Å². The molecule has 38 heavy (non-hydrogen) atoms. The van der Waals surface area contributed by atoms with E-state index in [0.717, 1.165) is 72.4 Å². The van der Waals surface area contributed by atoms with Gasteiger partial charge >= 0.3 is 0 Å². The van der Waals surface area contributed by atoms with E-state index in [1.165, 1.54) is 6.07 Å². The van der Waals surface area contributed by atoms with Crippen LogP contribution in [0.2, 0.25) is 0 Å². The second kappa shape index (κ2) is 11.4. The third kappa shape index (κ3) is 5.53. The van der Waals surface area contributed by atoms with Crippen molar-refractivity contribution in [1.82, 2.24) is 25.5 Å². The maximum absolute atomic E-state index is 13.8. The number of aryl methyl sites for hydroxylation is 1. The number of halogens is 1. The topological polar surface area (TPSA) is 69.4 Å². The van der Waals surface area contributed by atoms with Crippen LogP contribution in [0.15, 0.2) is 91.8 Å². The fourth-order valence-corrected chi connectivity index (χ4v) is 4.81. The lowest BCUT2D eigenvalue weighted by Crippen LogP contribution is -2.14. The minimum Gasteiger partial charge on any atom is -0.359 e. The molecule has 194 valence electrons. The van der Waals surface area contributed by atoms with E-state index in [-0.39, 0.29) is 5.13 Å². The molecule has 0 atom stereocenters. The summed E-state index contributed by atoms with van der Waals surface area (Å²) in [5.74, 6) is 0.296. The van der Waals surface area contributed by atoms with Crippen LogP contribution in [-0.2, 0) is 0 Å². The first kappa shape index (κ1) is 26.8. The summed E-state index contributed by atoms with van der Waals surface area (Å²) < 4.78 is 13.8. The highest BCUT2D eigenvalue weighted by Gasteiger charge is 2.18. The first-order valence-corrected chi connectivity index (χ1v) is 13.2. The summed E-state index contributed by atoms with van der Waals surface area (Å²) in [7, 11) is 0. The molecular formula is C31H32FN5S. The second-order valence-electron chi connectivity index (χ2n) is 9.16. The van der Waals surface area contributed by atoms with E-state index in [1.54, 1.807) is 18.2 Å². The first-order chi connectivity index (χ1) is 18.2. The Labute approximate surface area is 226 Å². The summed E-state index contributed by atoms with van der Waals surface area (Å²) in [4.78, 5) is 9.25. The summed E-state index contributed by atoms with van der Waals surface area (Å²) in [6.45, 7) is 20.0. The largest absolute Gasteiger partial charge is 0.359 e. The maximum atomic E-state index is 13.8. The molecule has 0 saturated heterocycles. The van der Waals surface area contributed by atoms with Crippen molar-refractivity contribution >= 4 is 33.5 Å². The minimum atomic E-state index is -0.226. The van der Waals surface area contributed by atoms with Gasteiger partial charge in [-0.3, -0.25) is 5.10 Å². The number of aromatic amines is 2. The summed E-state index contributed by atoms with van der Waals surface area (Å²) >= 11 is 1.11. The van der Waals surface area contributed by atoms with Crippen LogP contribution in [0.5, 0.6) is 0 Å². The molecular weight excluding hydrogens is 493 g/mol. The van der Waals surface area contributed by atoms with Crippen molar-refractivity contribution in [2.45, 2.75) is 27.7 Å². The van der Waals surface area contributed by atoms with Gasteiger partial charge in [-0.2, -0.15) is 9.49 Å². The maximum Gasteiger partial charge on any atom is 0.176 e. The van der Waals surface area contributed by atoms with Gasteiger partial charge in [0.15, 0.2) is 5.13 Å². The number of aromatic nitrogens is 4. The zero-order valence-corrected chi connectivity index (χ0v) is 23.0. The number of nitrogens with zero attached hydrogens (tertiary/aromatic N) is 2. The Balaban J connectivity index is 1.74. The van der Waals surface area contributed by atoms with Crippen molar-refractivity contribution in [1.29, 1.82) is 0 Å². The number of thiophene rings is 1. The fraction of sp³-hybridized carbons (Fsp3) is 0.161. The second-order valence-corrected chi connectivity index (χ2v) is 10.2. The lowest BCUT2D eigenvalue weighted by molar-refractivity contribution is 0.657. The van der Waals surface area contributed by atoms with Gasteiger partial charge in [0.25, 0.3) is 0 Å². The Kier molecular flexibility index (Phi) is 8.08. The van der Waals surface area contributed by atoms with Crippen molar-refractivity contribution in [3.05, 3.63) is 119 Å². The molecule has 0 amide bonds. The third-order valence-corrected chi connectivity index (χ3v) is 7.14. The zero-order valence-electron chi connectivity index (χ0n) is 22.2. The van der Waals surface area contributed by atoms with Crippen LogP contribution in [0.1, 0.15) is 42.6 Å². The summed E-state index contributed by atoms with van der Waals surface area (Å²) in [5, 5.41) is 10.8. The van der Waals surface area contributed by atoms with Gasteiger partial charge in [-0.1, -0.05) is 51.8 Å². The normalized spacial score (nSPS) is 12.8. The summed E-state index contributed by atoms with van der Waals surface area (Å²) in [5.41, 5.74) is 9.42. The zero-order chi connectivity index (χ0) is 27.4. The molecule has 4 rings (SSSR count). The molecule has 4 aromatic heterocycles. The van der Waals surface area contributed by atoms with E-state index >= 15 is 0 Å². The van der Waals surface area contributed by atoms with Crippen molar-refractivity contribution in [2.24, 2.45) is 5.92 Å². The molecule has 0 radical (unpaired) electrons. The summed E-state index contributed by atoms with van der Waals surface area (Å²) in [6.07, 6.45) is 9.41. The number of hydrogen-bond donors (Lipinski definition) is 3. The van der Waals surface area contributed by atoms with Crippen LogP contribution in [0.4, 0.5) is 4.39 Å². The molecule has 5 nitrogen and oxygen atoms in total. The molecule has 0 aliphatic carbocycles. The molecule has 0 aromatic carbocycles. The number of pyridine rings is 1. The molecule has 0 aliphatic heterocycles. The van der Waals surface area contributed by atoms with Crippen molar-refractivity contribution in [2.75, 3.05) is 0 Å². The first-order valence-electron chi connectivity index (χ1n) is 12.4. The molecule has 0 fully saturated rings. The average Bonchev–Trinajstić information content (AvgIpc) is 3.62. The third-order valence-electron chi connectivity index (χ3n) is 6.23. The number of rotatable bonds is 10. The molecule has 3 N–H and O–H groups in total. The van der Waals surface area contributed by atoms with Crippen LogP contribution < -0.4 is 5.32 Å². The Morgan fingerprint density at radius 3 is 2.61 bits per heavy atom. The van der Waals surface area contributed by atoms with Gasteiger partial charge in [-0.15, -0.1) is 11.3 Å². The van der Waals surface area contributed by atoms with Gasteiger partial charge in [0.2, 0.25) is 0 Å². The molecule has 0 saturated carbocycles. The standard InChI is InChI=1S/C31H32FN5S/c1-8-11-23(28-14-15-29(32)38-28)24-17-27(34-20(24)7)31-30-26(36-37-31)13-12-25(35-30)21(9-2)16-22(10-3)33-19(6)18(4)5/h8-18,33-34H,1,3,6H2,2,4-5,7H3,(H,36,37)/b21-9+,22-16+,23-11+. The van der Waals surface area contributed by atoms with Gasteiger partial charge in [0.1, 0.15) is 11.2 Å². The lowest BCUT2D eigenvalue weighted by atomic mass is 10.0. The van der Waals surface area contributed by atoms with Gasteiger partial charge < -0.3 is 10.3 Å². The number of H-pyrrole nitrogens is 2. The number of fused-ring (bicyclic) bond motifs is 1. The van der Waals surface area contributed by atoms with E-state index in [2.05, 4.69) is 54.1 Å². The lowest BCUT2D eigenvalue weighted by Gasteiger charge is -2.14. The Morgan fingerprint density at radius 2 is 1.97 bits per heavy atom. The molecule has 7 heteroatoms. The monoisotopic (exact) mass is 525 g/mol. The molecule has 0 unspecified atom stereocenters. The van der Waals surface area contributed by atoms with Crippen LogP contribution >= 0.6 is 11.3 Å². The van der Waals surface area contributed by atoms with Crippen LogP contribution in [-0.4, -0.2) is 20.2 Å². The number of nitrogens with one attached hydrogen (secondary N) is 3. The van der Waals surface area contributed by atoms with E-state index in [9.17, 15) is 4.39 Å². The van der Waals surface area contributed by atoms with Crippen LogP contribution in [0.3, 0.4) is 0 Å². The highest BCUT2D eigenvalue weighted by molar-refractivity contribution is 7.11.